The fraction of sp³-hybridized carbons (Fsp3) is 1.00. The molecule has 1 aliphatic rings. The fourth-order valence-electron chi connectivity index (χ4n) is 0.958. The zero-order valence-corrected chi connectivity index (χ0v) is 10.4. The SMILES string of the molecule is NCC1CCCN1.O=[N+]([O-])[O-].O=[N+]([O-])[O-].[Pt+4]. The molecule has 0 aromatic rings. The van der Waals surface area contributed by atoms with Crippen molar-refractivity contribution in [2.75, 3.05) is 13.1 Å². The van der Waals surface area contributed by atoms with Gasteiger partial charge in [0.2, 0.25) is 0 Å². The molecule has 96 valence electrons. The average molecular weight is 419 g/mol. The standard InChI is InChI=1S/C5H12N2.2NO3.Pt/c6-4-5-2-1-3-7-5;2*2-1(3)4;/h5,7H,1-4,6H2;;;/q;2*-1;+4. The molecule has 11 heteroatoms. The Bertz CT molecular complexity index is 168. The zero-order chi connectivity index (χ0) is 12.3. The van der Waals surface area contributed by atoms with E-state index in [0.717, 1.165) is 6.54 Å². The van der Waals surface area contributed by atoms with Crippen molar-refractivity contribution >= 4 is 0 Å². The number of nitrogens with zero attached hydrogens (tertiary/aromatic N) is 2. The number of rotatable bonds is 1. The van der Waals surface area contributed by atoms with E-state index in [0.29, 0.717) is 6.04 Å². The number of hydrogen-bond acceptors (Lipinski definition) is 8. The topological polar surface area (TPSA) is 170 Å². The second-order valence-electron chi connectivity index (χ2n) is 2.48. The first-order chi connectivity index (χ1) is 6.90. The van der Waals surface area contributed by atoms with Crippen LogP contribution in [-0.2, 0) is 21.1 Å². The first-order valence-electron chi connectivity index (χ1n) is 3.96. The summed E-state index contributed by atoms with van der Waals surface area (Å²) in [7, 11) is 0. The second-order valence-corrected chi connectivity index (χ2v) is 2.48. The molecule has 0 aromatic heterocycles. The van der Waals surface area contributed by atoms with E-state index < -0.39 is 10.2 Å². The van der Waals surface area contributed by atoms with Crippen LogP contribution in [-0.4, -0.2) is 29.3 Å². The van der Waals surface area contributed by atoms with Crippen LogP contribution in [0, 0.1) is 30.6 Å². The molecule has 3 N–H and O–H groups in total. The molecular weight excluding hydrogens is 407 g/mol. The van der Waals surface area contributed by atoms with E-state index in [4.69, 9.17) is 36.4 Å². The first kappa shape index (κ1) is 20.4. The van der Waals surface area contributed by atoms with E-state index in [1.807, 2.05) is 0 Å². The third kappa shape index (κ3) is 29.2. The molecule has 1 unspecified atom stereocenters. The molecule has 0 radical (unpaired) electrons. The predicted molar refractivity (Wildman–Crippen MR) is 50.8 cm³/mol. The van der Waals surface area contributed by atoms with Crippen LogP contribution in [0.2, 0.25) is 0 Å². The summed E-state index contributed by atoms with van der Waals surface area (Å²) in [6.45, 7) is 1.97. The van der Waals surface area contributed by atoms with Gasteiger partial charge in [-0.1, -0.05) is 0 Å². The number of nitrogens with two attached hydrogens (primary N) is 1. The molecule has 0 aliphatic carbocycles. The molecule has 1 heterocycles. The van der Waals surface area contributed by atoms with E-state index in [1.54, 1.807) is 0 Å². The van der Waals surface area contributed by atoms with Crippen LogP contribution in [0.25, 0.3) is 0 Å². The first-order valence-corrected chi connectivity index (χ1v) is 3.96. The van der Waals surface area contributed by atoms with Crippen LogP contribution >= 0.6 is 0 Å². The molecular formula is C5H12N4O6Pt+2. The van der Waals surface area contributed by atoms with Gasteiger partial charge in [0.15, 0.2) is 0 Å². The van der Waals surface area contributed by atoms with E-state index in [-0.39, 0.29) is 21.1 Å². The normalized spacial score (nSPS) is 16.7. The minimum Gasteiger partial charge on any atom is -0.356 e. The van der Waals surface area contributed by atoms with Gasteiger partial charge in [0.1, 0.15) is 0 Å². The molecule has 0 spiro atoms. The summed E-state index contributed by atoms with van der Waals surface area (Å²) in [5.74, 6) is 0. The van der Waals surface area contributed by atoms with Gasteiger partial charge in [0, 0.05) is 12.6 Å². The molecule has 10 nitrogen and oxygen atoms in total. The summed E-state index contributed by atoms with van der Waals surface area (Å²) in [6.07, 6.45) is 2.58. The Kier molecular flexibility index (Phi) is 17.9. The van der Waals surface area contributed by atoms with Gasteiger partial charge in [0.25, 0.3) is 0 Å². The van der Waals surface area contributed by atoms with Gasteiger partial charge in [-0.3, -0.25) is 0 Å². The van der Waals surface area contributed by atoms with Crippen LogP contribution in [0.15, 0.2) is 0 Å². The molecule has 1 rings (SSSR count). The van der Waals surface area contributed by atoms with Gasteiger partial charge in [-0.2, -0.15) is 0 Å². The van der Waals surface area contributed by atoms with E-state index in [1.165, 1.54) is 19.4 Å². The Labute approximate surface area is 105 Å². The van der Waals surface area contributed by atoms with Crippen molar-refractivity contribution in [3.8, 4) is 0 Å². The Morgan fingerprint density at radius 1 is 1.19 bits per heavy atom. The van der Waals surface area contributed by atoms with Gasteiger partial charge >= 0.3 is 21.1 Å². The summed E-state index contributed by atoms with van der Waals surface area (Å²) < 4.78 is 0. The minimum absolute atomic E-state index is 0. The van der Waals surface area contributed by atoms with E-state index in [9.17, 15) is 0 Å². The third-order valence-electron chi connectivity index (χ3n) is 1.45. The smallest absolute Gasteiger partial charge is 0.356 e. The molecule has 16 heavy (non-hydrogen) atoms. The van der Waals surface area contributed by atoms with Gasteiger partial charge in [0.05, 0.1) is 10.2 Å². The molecule has 1 fully saturated rings. The van der Waals surface area contributed by atoms with Crippen molar-refractivity contribution in [3.05, 3.63) is 30.6 Å². The molecule has 1 aliphatic heterocycles. The van der Waals surface area contributed by atoms with Gasteiger partial charge in [-0.15, -0.1) is 0 Å². The summed E-state index contributed by atoms with van der Waals surface area (Å²) in [6, 6.07) is 0.625. The molecule has 0 aromatic carbocycles. The molecule has 0 saturated carbocycles. The predicted octanol–water partition coefficient (Wildman–Crippen LogP) is -0.784. The molecule has 0 amide bonds. The Balaban J connectivity index is -0.000000166. The van der Waals surface area contributed by atoms with Crippen molar-refractivity contribution in [2.45, 2.75) is 18.9 Å². The molecule has 0 bridgehead atoms. The number of nitrogens with one attached hydrogen (secondary N) is 1. The maximum Gasteiger partial charge on any atom is 4.00 e. The van der Waals surface area contributed by atoms with Crippen LogP contribution < -0.4 is 11.1 Å². The van der Waals surface area contributed by atoms with Gasteiger partial charge in [-0.25, -0.2) is 0 Å². The van der Waals surface area contributed by atoms with Crippen LogP contribution in [0.4, 0.5) is 0 Å². The summed E-state index contributed by atoms with van der Waals surface area (Å²) >= 11 is 0. The largest absolute Gasteiger partial charge is 4.00 e. The van der Waals surface area contributed by atoms with E-state index >= 15 is 0 Å². The van der Waals surface area contributed by atoms with Crippen LogP contribution in [0.3, 0.4) is 0 Å². The van der Waals surface area contributed by atoms with E-state index in [2.05, 4.69) is 5.32 Å². The Morgan fingerprint density at radius 3 is 1.69 bits per heavy atom. The fourth-order valence-corrected chi connectivity index (χ4v) is 0.958. The number of hydrogen-bond donors (Lipinski definition) is 2. The van der Waals surface area contributed by atoms with Crippen molar-refractivity contribution in [2.24, 2.45) is 5.73 Å². The summed E-state index contributed by atoms with van der Waals surface area (Å²) in [4.78, 5) is 16.5. The Morgan fingerprint density at radius 2 is 1.56 bits per heavy atom. The maximum absolute atomic E-state index is 8.25. The third-order valence-corrected chi connectivity index (χ3v) is 1.45. The Hall–Kier alpha value is -0.992. The average Bonchev–Trinajstić information content (AvgIpc) is 2.52. The maximum atomic E-state index is 8.25. The molecule has 1 atom stereocenters. The second kappa shape index (κ2) is 14.0. The van der Waals surface area contributed by atoms with Gasteiger partial charge < -0.3 is 41.7 Å². The monoisotopic (exact) mass is 419 g/mol. The van der Waals surface area contributed by atoms with Crippen LogP contribution in [0.1, 0.15) is 12.8 Å². The minimum atomic E-state index is -1.75. The van der Waals surface area contributed by atoms with Crippen molar-refractivity contribution in [1.29, 1.82) is 0 Å². The van der Waals surface area contributed by atoms with Crippen molar-refractivity contribution in [1.82, 2.24) is 5.32 Å². The van der Waals surface area contributed by atoms with Gasteiger partial charge in [-0.05, 0) is 19.4 Å². The van der Waals surface area contributed by atoms with Crippen molar-refractivity contribution < 1.29 is 31.2 Å². The van der Waals surface area contributed by atoms with Crippen molar-refractivity contribution in [3.63, 3.8) is 0 Å². The summed E-state index contributed by atoms with van der Waals surface area (Å²) in [5.41, 5.74) is 5.37. The zero-order valence-electron chi connectivity index (χ0n) is 8.14. The molecule has 1 saturated heterocycles. The summed E-state index contributed by atoms with van der Waals surface area (Å²) in [5, 5.41) is 32.8. The quantitative estimate of drug-likeness (QED) is 0.412. The van der Waals surface area contributed by atoms with Crippen LogP contribution in [0.5, 0.6) is 0 Å².